The Morgan fingerprint density at radius 1 is 1.16 bits per heavy atom. The van der Waals surface area contributed by atoms with E-state index in [1.807, 2.05) is 30.0 Å². The molecule has 168 valence electrons. The lowest BCUT2D eigenvalue weighted by molar-refractivity contribution is -0.605. The van der Waals surface area contributed by atoms with E-state index in [0.29, 0.717) is 58.1 Å². The van der Waals surface area contributed by atoms with Crippen molar-refractivity contribution in [2.45, 2.75) is 13.5 Å². The molecule has 0 N–H and O–H groups in total. The van der Waals surface area contributed by atoms with Gasteiger partial charge in [0.1, 0.15) is 18.0 Å². The van der Waals surface area contributed by atoms with Gasteiger partial charge in [-0.25, -0.2) is 0 Å². The van der Waals surface area contributed by atoms with Crippen LogP contribution in [0.4, 0.5) is 5.69 Å². The van der Waals surface area contributed by atoms with Crippen molar-refractivity contribution in [2.24, 2.45) is 0 Å². The first kappa shape index (κ1) is 22.2. The molecule has 3 aromatic rings. The van der Waals surface area contributed by atoms with E-state index in [0.717, 1.165) is 11.3 Å². The average molecular weight is 476 g/mol. The van der Waals surface area contributed by atoms with Crippen molar-refractivity contribution in [1.82, 2.24) is 14.7 Å². The van der Waals surface area contributed by atoms with Crippen molar-refractivity contribution in [3.63, 3.8) is 0 Å². The molecule has 1 aliphatic heterocycles. The van der Waals surface area contributed by atoms with E-state index in [1.54, 1.807) is 23.9 Å². The predicted octanol–water partition coefficient (Wildman–Crippen LogP) is 3.16. The number of rotatable bonds is 5. The van der Waals surface area contributed by atoms with Gasteiger partial charge < -0.3 is 19.7 Å². The molecule has 2 aromatic heterocycles. The largest absolute Gasteiger partial charge is 0.619 e. The van der Waals surface area contributed by atoms with Gasteiger partial charge in [0.15, 0.2) is 12.4 Å². The minimum atomic E-state index is -0.0161. The molecule has 1 amide bonds. The number of nitrogens with zero attached hydrogens (tertiary/aromatic N) is 5. The Bertz CT molecular complexity index is 1130. The van der Waals surface area contributed by atoms with Crippen LogP contribution < -0.4 is 14.4 Å². The Balaban J connectivity index is 1.41. The fourth-order valence-electron chi connectivity index (χ4n) is 3.72. The van der Waals surface area contributed by atoms with Crippen LogP contribution in [0.1, 0.15) is 5.69 Å². The van der Waals surface area contributed by atoms with Crippen LogP contribution in [0.3, 0.4) is 0 Å². The monoisotopic (exact) mass is 475 g/mol. The quantitative estimate of drug-likeness (QED) is 0.418. The summed E-state index contributed by atoms with van der Waals surface area (Å²) in [5.74, 6) is 0.616. The van der Waals surface area contributed by atoms with Crippen LogP contribution in [0.5, 0.6) is 5.75 Å². The summed E-state index contributed by atoms with van der Waals surface area (Å²) in [6.07, 6.45) is 2.78. The minimum absolute atomic E-state index is 0.0161. The first-order chi connectivity index (χ1) is 15.4. The molecule has 0 radical (unpaired) electrons. The van der Waals surface area contributed by atoms with Crippen LogP contribution in [0.2, 0.25) is 10.0 Å². The summed E-state index contributed by atoms with van der Waals surface area (Å²) in [6.45, 7) is 4.56. The number of amides is 1. The van der Waals surface area contributed by atoms with E-state index in [-0.39, 0.29) is 12.5 Å². The number of carbonyl (C=O) groups is 1. The molecule has 0 unspecified atom stereocenters. The molecule has 0 spiro atoms. The molecule has 1 saturated heterocycles. The molecule has 0 atom stereocenters. The molecular formula is C22H23Cl2N5O3. The van der Waals surface area contributed by atoms with E-state index >= 15 is 0 Å². The molecule has 32 heavy (non-hydrogen) atoms. The molecule has 0 saturated carbocycles. The first-order valence-electron chi connectivity index (χ1n) is 10.2. The summed E-state index contributed by atoms with van der Waals surface area (Å²) in [5, 5.41) is 16.9. The maximum Gasteiger partial charge on any atom is 0.244 e. The molecule has 10 heteroatoms. The highest BCUT2D eigenvalue weighted by molar-refractivity contribution is 6.33. The maximum atomic E-state index is 12.9. The topological polar surface area (TPSA) is 77.5 Å². The van der Waals surface area contributed by atoms with Gasteiger partial charge in [-0.15, -0.1) is 0 Å². The molecule has 1 aromatic carbocycles. The summed E-state index contributed by atoms with van der Waals surface area (Å²) in [4.78, 5) is 17.0. The lowest BCUT2D eigenvalue weighted by atomic mass is 10.2. The van der Waals surface area contributed by atoms with E-state index in [1.165, 1.54) is 12.4 Å². The van der Waals surface area contributed by atoms with Crippen LogP contribution in [-0.4, -0.2) is 53.9 Å². The zero-order valence-electron chi connectivity index (χ0n) is 17.8. The van der Waals surface area contributed by atoms with Gasteiger partial charge in [0.05, 0.1) is 22.8 Å². The molecule has 3 heterocycles. The minimum Gasteiger partial charge on any atom is -0.619 e. The van der Waals surface area contributed by atoms with E-state index in [9.17, 15) is 10.0 Å². The Hall–Kier alpha value is -2.97. The maximum absolute atomic E-state index is 12.9. The summed E-state index contributed by atoms with van der Waals surface area (Å²) < 4.78 is 7.62. The molecule has 0 bridgehead atoms. The Morgan fingerprint density at radius 3 is 2.50 bits per heavy atom. The van der Waals surface area contributed by atoms with Gasteiger partial charge in [0, 0.05) is 55.6 Å². The third-order valence-electron chi connectivity index (χ3n) is 5.63. The van der Waals surface area contributed by atoms with Crippen molar-refractivity contribution in [1.29, 1.82) is 0 Å². The van der Waals surface area contributed by atoms with E-state index in [2.05, 4.69) is 10.00 Å². The highest BCUT2D eigenvalue weighted by atomic mass is 35.5. The lowest BCUT2D eigenvalue weighted by Crippen LogP contribution is -2.49. The number of piperazine rings is 1. The van der Waals surface area contributed by atoms with E-state index < -0.39 is 0 Å². The van der Waals surface area contributed by atoms with Gasteiger partial charge in [-0.2, -0.15) is 9.83 Å². The Kier molecular flexibility index (Phi) is 6.43. The van der Waals surface area contributed by atoms with Gasteiger partial charge in [-0.1, -0.05) is 23.2 Å². The van der Waals surface area contributed by atoms with Crippen LogP contribution in [0.15, 0.2) is 42.7 Å². The van der Waals surface area contributed by atoms with Crippen LogP contribution in [0.25, 0.3) is 11.3 Å². The smallest absolute Gasteiger partial charge is 0.244 e. The number of pyridine rings is 1. The summed E-state index contributed by atoms with van der Waals surface area (Å²) >= 11 is 12.6. The van der Waals surface area contributed by atoms with Crippen molar-refractivity contribution < 1.29 is 14.3 Å². The van der Waals surface area contributed by atoms with Gasteiger partial charge in [0.2, 0.25) is 5.91 Å². The van der Waals surface area contributed by atoms with Gasteiger partial charge in [-0.3, -0.25) is 9.48 Å². The predicted molar refractivity (Wildman–Crippen MR) is 123 cm³/mol. The molecule has 0 aliphatic carbocycles. The molecule has 4 rings (SSSR count). The highest BCUT2D eigenvalue weighted by Gasteiger charge is 2.24. The summed E-state index contributed by atoms with van der Waals surface area (Å²) in [5.41, 5.74) is 3.00. The standard InChI is InChI=1S/C22H23Cl2N5O3/c1-15-21(24)22(16-5-7-28(31)8-6-16)25-29(15)14-20(30)27-11-9-26(10-12-27)17-3-4-18(23)19(13-17)32-2/h3-8,13H,9-12,14H2,1-2H3. The van der Waals surface area contributed by atoms with Crippen LogP contribution >= 0.6 is 23.2 Å². The number of hydrogen-bond acceptors (Lipinski definition) is 5. The Morgan fingerprint density at radius 2 is 1.84 bits per heavy atom. The number of ether oxygens (including phenoxy) is 1. The van der Waals surface area contributed by atoms with Crippen LogP contribution in [0, 0.1) is 12.1 Å². The first-order valence-corrected chi connectivity index (χ1v) is 10.9. The molecule has 1 fully saturated rings. The zero-order valence-corrected chi connectivity index (χ0v) is 19.3. The third kappa shape index (κ3) is 4.47. The number of methoxy groups -OCH3 is 1. The number of aromatic nitrogens is 3. The van der Waals surface area contributed by atoms with Gasteiger partial charge >= 0.3 is 0 Å². The fourth-order valence-corrected chi connectivity index (χ4v) is 4.16. The number of hydrogen-bond donors (Lipinski definition) is 0. The highest BCUT2D eigenvalue weighted by Crippen LogP contribution is 2.31. The van der Waals surface area contributed by atoms with Gasteiger partial charge in [-0.05, 0) is 19.1 Å². The number of carbonyl (C=O) groups excluding carboxylic acids is 1. The molecule has 8 nitrogen and oxygen atoms in total. The van der Waals surface area contributed by atoms with Crippen LogP contribution in [-0.2, 0) is 11.3 Å². The second kappa shape index (κ2) is 9.26. The van der Waals surface area contributed by atoms with Crippen molar-refractivity contribution in [3.8, 4) is 17.0 Å². The fraction of sp³-hybridized carbons (Fsp3) is 0.318. The molecular weight excluding hydrogens is 453 g/mol. The zero-order chi connectivity index (χ0) is 22.8. The summed E-state index contributed by atoms with van der Waals surface area (Å²) in [7, 11) is 1.59. The third-order valence-corrected chi connectivity index (χ3v) is 6.39. The van der Waals surface area contributed by atoms with Gasteiger partial charge in [0.25, 0.3) is 0 Å². The Labute approximate surface area is 196 Å². The number of halogens is 2. The normalized spacial score (nSPS) is 14.0. The summed E-state index contributed by atoms with van der Waals surface area (Å²) in [6, 6.07) is 8.99. The van der Waals surface area contributed by atoms with Crippen molar-refractivity contribution in [3.05, 3.63) is 63.7 Å². The van der Waals surface area contributed by atoms with E-state index in [4.69, 9.17) is 27.9 Å². The second-order valence-electron chi connectivity index (χ2n) is 7.54. The second-order valence-corrected chi connectivity index (χ2v) is 8.32. The lowest BCUT2D eigenvalue weighted by Gasteiger charge is -2.36. The number of benzene rings is 1. The number of anilines is 1. The molecule has 1 aliphatic rings. The van der Waals surface area contributed by atoms with Crippen molar-refractivity contribution in [2.75, 3.05) is 38.2 Å². The average Bonchev–Trinajstić information content (AvgIpc) is 3.08. The van der Waals surface area contributed by atoms with Crippen molar-refractivity contribution >= 4 is 34.8 Å². The SMILES string of the molecule is COc1cc(N2CCN(C(=O)Cn3nc(-c4cc[n+]([O-])cc4)c(Cl)c3C)CC2)ccc1Cl.